The Morgan fingerprint density at radius 3 is 2.55 bits per heavy atom. The highest BCUT2D eigenvalue weighted by Crippen LogP contribution is 2.29. The van der Waals surface area contributed by atoms with E-state index in [4.69, 9.17) is 5.26 Å². The molecular formula is C21H23N. The Labute approximate surface area is 133 Å². The van der Waals surface area contributed by atoms with Crippen LogP contribution in [0.3, 0.4) is 0 Å². The molecule has 1 aliphatic carbocycles. The van der Waals surface area contributed by atoms with E-state index in [1.165, 1.54) is 47.9 Å². The van der Waals surface area contributed by atoms with Gasteiger partial charge in [0.2, 0.25) is 0 Å². The number of nitriles is 1. The Kier molecular flexibility index (Phi) is 4.59. The van der Waals surface area contributed by atoms with E-state index in [-0.39, 0.29) is 0 Å². The van der Waals surface area contributed by atoms with Gasteiger partial charge in [0.25, 0.3) is 0 Å². The van der Waals surface area contributed by atoms with E-state index in [0.717, 1.165) is 24.3 Å². The van der Waals surface area contributed by atoms with Crippen molar-refractivity contribution in [1.29, 1.82) is 5.26 Å². The van der Waals surface area contributed by atoms with E-state index in [0.29, 0.717) is 0 Å². The van der Waals surface area contributed by atoms with Gasteiger partial charge in [-0.1, -0.05) is 37.3 Å². The average Bonchev–Trinajstić information content (AvgIpc) is 2.59. The van der Waals surface area contributed by atoms with E-state index >= 15 is 0 Å². The molecule has 1 heteroatoms. The number of rotatable bonds is 4. The Morgan fingerprint density at radius 2 is 1.82 bits per heavy atom. The van der Waals surface area contributed by atoms with Gasteiger partial charge in [0.1, 0.15) is 0 Å². The van der Waals surface area contributed by atoms with Crippen molar-refractivity contribution >= 4 is 0 Å². The standard InChI is InChI=1S/C21H23N/c1-2-16-3-5-17(6-4-16)7-8-18-9-11-21-14-19(15-22)10-12-20(21)13-18/h3-6,10,12,14,18H,2,7-9,11,13H2,1H3. The minimum absolute atomic E-state index is 0.784. The first-order valence-corrected chi connectivity index (χ1v) is 8.38. The lowest BCUT2D eigenvalue weighted by atomic mass is 9.80. The molecule has 0 aliphatic heterocycles. The topological polar surface area (TPSA) is 23.8 Å². The summed E-state index contributed by atoms with van der Waals surface area (Å²) in [5.74, 6) is 0.784. The molecule has 0 N–H and O–H groups in total. The molecular weight excluding hydrogens is 266 g/mol. The van der Waals surface area contributed by atoms with Crippen LogP contribution in [-0.4, -0.2) is 0 Å². The lowest BCUT2D eigenvalue weighted by Gasteiger charge is -2.24. The van der Waals surface area contributed by atoms with E-state index in [1.807, 2.05) is 6.07 Å². The van der Waals surface area contributed by atoms with Crippen LogP contribution in [0, 0.1) is 17.2 Å². The Balaban J connectivity index is 1.59. The molecule has 0 saturated heterocycles. The molecule has 1 aliphatic rings. The highest BCUT2D eigenvalue weighted by atomic mass is 14.3. The van der Waals surface area contributed by atoms with Gasteiger partial charge in [-0.2, -0.15) is 5.26 Å². The summed E-state index contributed by atoms with van der Waals surface area (Å²) in [5, 5.41) is 8.99. The monoisotopic (exact) mass is 289 g/mol. The first-order valence-electron chi connectivity index (χ1n) is 8.38. The van der Waals surface area contributed by atoms with E-state index in [2.05, 4.69) is 49.4 Å². The summed E-state index contributed by atoms with van der Waals surface area (Å²) in [6, 6.07) is 17.5. The van der Waals surface area contributed by atoms with Gasteiger partial charge in [0.15, 0.2) is 0 Å². The molecule has 0 saturated carbocycles. The fraction of sp³-hybridized carbons (Fsp3) is 0.381. The molecule has 2 aromatic carbocycles. The maximum absolute atomic E-state index is 8.99. The van der Waals surface area contributed by atoms with Crippen LogP contribution < -0.4 is 0 Å². The summed E-state index contributed by atoms with van der Waals surface area (Å²) in [6.45, 7) is 2.20. The summed E-state index contributed by atoms with van der Waals surface area (Å²) < 4.78 is 0. The Bertz CT molecular complexity index is 676. The molecule has 0 amide bonds. The molecule has 0 bridgehead atoms. The molecule has 3 rings (SSSR count). The fourth-order valence-electron chi connectivity index (χ4n) is 3.46. The zero-order valence-electron chi connectivity index (χ0n) is 13.3. The smallest absolute Gasteiger partial charge is 0.0991 e. The van der Waals surface area contributed by atoms with Gasteiger partial charge in [-0.05, 0) is 78.8 Å². The fourth-order valence-corrected chi connectivity index (χ4v) is 3.46. The van der Waals surface area contributed by atoms with E-state index in [1.54, 1.807) is 0 Å². The predicted octanol–water partition coefficient (Wildman–Crippen LogP) is 4.86. The number of nitrogens with zero attached hydrogens (tertiary/aromatic N) is 1. The Hall–Kier alpha value is -2.07. The van der Waals surface area contributed by atoms with Gasteiger partial charge in [0.05, 0.1) is 11.6 Å². The van der Waals surface area contributed by atoms with Crippen molar-refractivity contribution in [1.82, 2.24) is 0 Å². The van der Waals surface area contributed by atoms with Crippen molar-refractivity contribution in [3.63, 3.8) is 0 Å². The number of hydrogen-bond donors (Lipinski definition) is 0. The summed E-state index contributed by atoms with van der Waals surface area (Å²) in [4.78, 5) is 0. The van der Waals surface area contributed by atoms with Crippen molar-refractivity contribution in [2.45, 2.75) is 45.4 Å². The van der Waals surface area contributed by atoms with Crippen molar-refractivity contribution in [3.05, 3.63) is 70.3 Å². The van der Waals surface area contributed by atoms with Crippen LogP contribution in [0.1, 0.15) is 47.6 Å². The first kappa shape index (κ1) is 14.9. The van der Waals surface area contributed by atoms with Gasteiger partial charge in [-0.15, -0.1) is 0 Å². The van der Waals surface area contributed by atoms with Crippen LogP contribution >= 0.6 is 0 Å². The van der Waals surface area contributed by atoms with E-state index < -0.39 is 0 Å². The number of fused-ring (bicyclic) bond motifs is 1. The third kappa shape index (κ3) is 3.39. The summed E-state index contributed by atoms with van der Waals surface area (Å²) in [6.07, 6.45) is 7.13. The maximum atomic E-state index is 8.99. The number of hydrogen-bond acceptors (Lipinski definition) is 1. The highest BCUT2D eigenvalue weighted by Gasteiger charge is 2.18. The normalized spacial score (nSPS) is 16.8. The molecule has 0 radical (unpaired) electrons. The summed E-state index contributed by atoms with van der Waals surface area (Å²) >= 11 is 0. The van der Waals surface area contributed by atoms with Gasteiger partial charge in [-0.25, -0.2) is 0 Å². The molecule has 1 atom stereocenters. The molecule has 2 aromatic rings. The maximum Gasteiger partial charge on any atom is 0.0991 e. The lowest BCUT2D eigenvalue weighted by molar-refractivity contribution is 0.427. The summed E-state index contributed by atoms with van der Waals surface area (Å²) in [5.41, 5.74) is 6.53. The van der Waals surface area contributed by atoms with Gasteiger partial charge in [-0.3, -0.25) is 0 Å². The second-order valence-electron chi connectivity index (χ2n) is 6.41. The SMILES string of the molecule is CCc1ccc(CCC2CCc3cc(C#N)ccc3C2)cc1. The highest BCUT2D eigenvalue weighted by molar-refractivity contribution is 5.39. The molecule has 0 heterocycles. The van der Waals surface area contributed by atoms with E-state index in [9.17, 15) is 0 Å². The van der Waals surface area contributed by atoms with Crippen LogP contribution in [0.4, 0.5) is 0 Å². The lowest BCUT2D eigenvalue weighted by Crippen LogP contribution is -2.15. The van der Waals surface area contributed by atoms with Gasteiger partial charge >= 0.3 is 0 Å². The van der Waals surface area contributed by atoms with Crippen LogP contribution in [0.25, 0.3) is 0 Å². The molecule has 0 fully saturated rings. The van der Waals surface area contributed by atoms with Gasteiger partial charge < -0.3 is 0 Å². The molecule has 0 aromatic heterocycles. The van der Waals surface area contributed by atoms with Crippen molar-refractivity contribution in [2.24, 2.45) is 5.92 Å². The minimum atomic E-state index is 0.784. The number of benzene rings is 2. The van der Waals surface area contributed by atoms with Crippen LogP contribution in [-0.2, 0) is 25.7 Å². The largest absolute Gasteiger partial charge is 0.192 e. The van der Waals surface area contributed by atoms with Crippen molar-refractivity contribution in [3.8, 4) is 6.07 Å². The zero-order valence-corrected chi connectivity index (χ0v) is 13.3. The predicted molar refractivity (Wildman–Crippen MR) is 90.8 cm³/mol. The van der Waals surface area contributed by atoms with Crippen molar-refractivity contribution in [2.75, 3.05) is 0 Å². The number of aryl methyl sites for hydroxylation is 3. The van der Waals surface area contributed by atoms with Crippen LogP contribution in [0.5, 0.6) is 0 Å². The molecule has 22 heavy (non-hydrogen) atoms. The quantitative estimate of drug-likeness (QED) is 0.788. The van der Waals surface area contributed by atoms with Crippen LogP contribution in [0.15, 0.2) is 42.5 Å². The first-order chi connectivity index (χ1) is 10.8. The molecule has 1 nitrogen and oxygen atoms in total. The van der Waals surface area contributed by atoms with Crippen LogP contribution in [0.2, 0.25) is 0 Å². The molecule has 1 unspecified atom stereocenters. The third-order valence-electron chi connectivity index (χ3n) is 4.94. The Morgan fingerprint density at radius 1 is 1.05 bits per heavy atom. The second-order valence-corrected chi connectivity index (χ2v) is 6.41. The third-order valence-corrected chi connectivity index (χ3v) is 4.94. The molecule has 112 valence electrons. The second kappa shape index (κ2) is 6.79. The minimum Gasteiger partial charge on any atom is -0.192 e. The average molecular weight is 289 g/mol. The van der Waals surface area contributed by atoms with Crippen molar-refractivity contribution < 1.29 is 0 Å². The van der Waals surface area contributed by atoms with Gasteiger partial charge in [0, 0.05) is 0 Å². The molecule has 0 spiro atoms. The summed E-state index contributed by atoms with van der Waals surface area (Å²) in [7, 11) is 0. The zero-order chi connectivity index (χ0) is 15.4.